The van der Waals surface area contributed by atoms with Crippen molar-refractivity contribution in [1.29, 1.82) is 0 Å². The van der Waals surface area contributed by atoms with Crippen LogP contribution in [-0.4, -0.2) is 24.2 Å². The number of carbonyl (C=O) groups is 2. The minimum atomic E-state index is -0.830. The van der Waals surface area contributed by atoms with Gasteiger partial charge in [0.05, 0.1) is 13.5 Å². The number of rotatable bonds is 6. The summed E-state index contributed by atoms with van der Waals surface area (Å²) in [5, 5.41) is 8.61. The van der Waals surface area contributed by atoms with Crippen LogP contribution in [0.3, 0.4) is 0 Å². The van der Waals surface area contributed by atoms with Crippen LogP contribution in [0.2, 0.25) is 0 Å². The molecule has 0 saturated heterocycles. The van der Waals surface area contributed by atoms with Gasteiger partial charge in [-0.2, -0.15) is 0 Å². The molecule has 1 N–H and O–H groups in total. The highest BCUT2D eigenvalue weighted by atomic mass is 16.5. The third kappa shape index (κ3) is 5.15. The fourth-order valence-electron chi connectivity index (χ4n) is 1.54. The monoisotopic (exact) mass is 236 g/mol. The third-order valence-corrected chi connectivity index (χ3v) is 2.45. The fraction of sp³-hybridized carbons (Fsp3) is 0.385. The first-order valence-electron chi connectivity index (χ1n) is 5.48. The molecule has 0 spiro atoms. The Morgan fingerprint density at radius 2 is 1.76 bits per heavy atom. The molecule has 0 atom stereocenters. The Labute approximate surface area is 100 Å². The molecule has 0 radical (unpaired) electrons. The van der Waals surface area contributed by atoms with Crippen LogP contribution in [0.25, 0.3) is 0 Å². The molecule has 1 aromatic carbocycles. The largest absolute Gasteiger partial charge is 0.481 e. The van der Waals surface area contributed by atoms with Gasteiger partial charge in [-0.05, 0) is 24.0 Å². The van der Waals surface area contributed by atoms with Gasteiger partial charge < -0.3 is 9.84 Å². The lowest BCUT2D eigenvalue weighted by molar-refractivity contribution is -0.140. The molecule has 4 heteroatoms. The van der Waals surface area contributed by atoms with E-state index in [0.29, 0.717) is 6.42 Å². The third-order valence-electron chi connectivity index (χ3n) is 2.45. The highest BCUT2D eigenvalue weighted by Gasteiger charge is 2.02. The molecule has 1 aromatic rings. The number of hydrogen-bond acceptors (Lipinski definition) is 3. The number of methoxy groups -OCH3 is 1. The number of ether oxygens (including phenoxy) is 1. The lowest BCUT2D eigenvalue weighted by Gasteiger charge is -2.02. The number of aryl methyl sites for hydroxylation is 1. The van der Waals surface area contributed by atoms with Crippen molar-refractivity contribution in [3.05, 3.63) is 35.4 Å². The summed E-state index contributed by atoms with van der Waals surface area (Å²) in [5.74, 6) is -1.03. The van der Waals surface area contributed by atoms with Gasteiger partial charge in [-0.1, -0.05) is 24.3 Å². The minimum Gasteiger partial charge on any atom is -0.481 e. The molecule has 4 nitrogen and oxygen atoms in total. The van der Waals surface area contributed by atoms with Gasteiger partial charge >= 0.3 is 11.9 Å². The molecule has 0 fully saturated rings. The summed E-state index contributed by atoms with van der Waals surface area (Å²) >= 11 is 0. The number of hydrogen-bond donors (Lipinski definition) is 1. The van der Waals surface area contributed by atoms with E-state index < -0.39 is 5.97 Å². The van der Waals surface area contributed by atoms with E-state index in [1.54, 1.807) is 0 Å². The highest BCUT2D eigenvalue weighted by molar-refractivity contribution is 5.70. The minimum absolute atomic E-state index is 0.0441. The van der Waals surface area contributed by atoms with Gasteiger partial charge in [0, 0.05) is 6.42 Å². The predicted molar refractivity (Wildman–Crippen MR) is 62.7 cm³/mol. The first-order valence-corrected chi connectivity index (χ1v) is 5.48. The van der Waals surface area contributed by atoms with Gasteiger partial charge in [-0.3, -0.25) is 9.59 Å². The van der Waals surface area contributed by atoms with E-state index in [9.17, 15) is 9.59 Å². The Morgan fingerprint density at radius 1 is 1.18 bits per heavy atom. The lowest BCUT2D eigenvalue weighted by Crippen LogP contribution is -2.01. The smallest absolute Gasteiger partial charge is 0.307 e. The lowest BCUT2D eigenvalue weighted by atomic mass is 10.0. The number of esters is 1. The second kappa shape index (κ2) is 6.68. The molecule has 0 aromatic heterocycles. The van der Waals surface area contributed by atoms with E-state index in [0.717, 1.165) is 24.0 Å². The van der Waals surface area contributed by atoms with Crippen molar-refractivity contribution >= 4 is 11.9 Å². The average Bonchev–Trinajstić information content (AvgIpc) is 2.30. The quantitative estimate of drug-likeness (QED) is 0.765. The second-order valence-electron chi connectivity index (χ2n) is 3.82. The van der Waals surface area contributed by atoms with Crippen LogP contribution in [0.4, 0.5) is 0 Å². The van der Waals surface area contributed by atoms with Gasteiger partial charge in [0.2, 0.25) is 0 Å². The molecule has 0 amide bonds. The Hall–Kier alpha value is -1.84. The molecule has 0 aliphatic heterocycles. The van der Waals surface area contributed by atoms with E-state index in [1.165, 1.54) is 7.11 Å². The maximum absolute atomic E-state index is 10.9. The SMILES string of the molecule is COC(=O)CCCc1ccc(CC(=O)O)cc1. The molecular weight excluding hydrogens is 220 g/mol. The van der Waals surface area contributed by atoms with Crippen LogP contribution in [-0.2, 0) is 27.2 Å². The molecule has 0 heterocycles. The number of carboxylic acid groups (broad SMARTS) is 1. The molecular formula is C13H16O4. The Balaban J connectivity index is 2.40. The summed E-state index contributed by atoms with van der Waals surface area (Å²) in [6.07, 6.45) is 1.99. The van der Waals surface area contributed by atoms with Crippen molar-refractivity contribution in [3.63, 3.8) is 0 Å². The summed E-state index contributed by atoms with van der Waals surface area (Å²) in [5.41, 5.74) is 1.89. The zero-order valence-corrected chi connectivity index (χ0v) is 9.81. The first-order chi connectivity index (χ1) is 8.11. The van der Waals surface area contributed by atoms with Crippen LogP contribution in [0, 0.1) is 0 Å². The van der Waals surface area contributed by atoms with E-state index in [-0.39, 0.29) is 12.4 Å². The van der Waals surface area contributed by atoms with Gasteiger partial charge in [-0.15, -0.1) is 0 Å². The van der Waals surface area contributed by atoms with Crippen LogP contribution >= 0.6 is 0 Å². The van der Waals surface area contributed by atoms with Crippen molar-refractivity contribution in [1.82, 2.24) is 0 Å². The topological polar surface area (TPSA) is 63.6 Å². The van der Waals surface area contributed by atoms with Crippen molar-refractivity contribution in [2.75, 3.05) is 7.11 Å². The van der Waals surface area contributed by atoms with Gasteiger partial charge in [0.25, 0.3) is 0 Å². The van der Waals surface area contributed by atoms with E-state index >= 15 is 0 Å². The molecule has 1 rings (SSSR count). The van der Waals surface area contributed by atoms with Crippen molar-refractivity contribution in [2.45, 2.75) is 25.7 Å². The molecule has 0 saturated carbocycles. The van der Waals surface area contributed by atoms with Gasteiger partial charge in [-0.25, -0.2) is 0 Å². The zero-order chi connectivity index (χ0) is 12.7. The van der Waals surface area contributed by atoms with E-state index in [4.69, 9.17) is 5.11 Å². The molecule has 0 aliphatic carbocycles. The number of aliphatic carboxylic acids is 1. The second-order valence-corrected chi connectivity index (χ2v) is 3.82. The summed E-state index contributed by atoms with van der Waals surface area (Å²) < 4.78 is 4.55. The molecule has 0 aliphatic rings. The van der Waals surface area contributed by atoms with Crippen LogP contribution < -0.4 is 0 Å². The van der Waals surface area contributed by atoms with Gasteiger partial charge in [0.1, 0.15) is 0 Å². The summed E-state index contributed by atoms with van der Waals surface area (Å²) in [7, 11) is 1.38. The highest BCUT2D eigenvalue weighted by Crippen LogP contribution is 2.09. The molecule has 92 valence electrons. The van der Waals surface area contributed by atoms with Crippen molar-refractivity contribution in [2.24, 2.45) is 0 Å². The Kier molecular flexibility index (Phi) is 5.20. The maximum atomic E-state index is 10.9. The molecule has 17 heavy (non-hydrogen) atoms. The fourth-order valence-corrected chi connectivity index (χ4v) is 1.54. The summed E-state index contributed by atoms with van der Waals surface area (Å²) in [6, 6.07) is 7.41. The first kappa shape index (κ1) is 13.2. The van der Waals surface area contributed by atoms with Crippen LogP contribution in [0.15, 0.2) is 24.3 Å². The molecule has 0 bridgehead atoms. The van der Waals surface area contributed by atoms with E-state index in [1.807, 2.05) is 24.3 Å². The predicted octanol–water partition coefficient (Wildman–Crippen LogP) is 1.81. The zero-order valence-electron chi connectivity index (χ0n) is 9.81. The van der Waals surface area contributed by atoms with Crippen molar-refractivity contribution < 1.29 is 19.4 Å². The summed E-state index contributed by atoms with van der Waals surface area (Å²) in [6.45, 7) is 0. The summed E-state index contributed by atoms with van der Waals surface area (Å²) in [4.78, 5) is 21.4. The maximum Gasteiger partial charge on any atom is 0.307 e. The standard InChI is InChI=1S/C13H16O4/c1-17-13(16)4-2-3-10-5-7-11(8-6-10)9-12(14)15/h5-8H,2-4,9H2,1H3,(H,14,15). The molecule has 0 unspecified atom stereocenters. The van der Waals surface area contributed by atoms with E-state index in [2.05, 4.69) is 4.74 Å². The van der Waals surface area contributed by atoms with Crippen LogP contribution in [0.5, 0.6) is 0 Å². The van der Waals surface area contributed by atoms with Crippen LogP contribution in [0.1, 0.15) is 24.0 Å². The Morgan fingerprint density at radius 3 is 2.29 bits per heavy atom. The van der Waals surface area contributed by atoms with Gasteiger partial charge in [0.15, 0.2) is 0 Å². The average molecular weight is 236 g/mol. The Bertz CT molecular complexity index is 381. The number of carbonyl (C=O) groups excluding carboxylic acids is 1. The number of carboxylic acids is 1. The number of benzene rings is 1. The normalized spacial score (nSPS) is 9.94. The van der Waals surface area contributed by atoms with Crippen molar-refractivity contribution in [3.8, 4) is 0 Å².